The fourth-order valence-corrected chi connectivity index (χ4v) is 3.04. The predicted octanol–water partition coefficient (Wildman–Crippen LogP) is 3.87. The number of ether oxygens (including phenoxy) is 1. The SMILES string of the molecule is CC(NC(=O)c1cccs1)C(=O)Nc1cccc(CN(C)C(=O)OC(C)(C)C)c1. The molecule has 0 aliphatic rings. The summed E-state index contributed by atoms with van der Waals surface area (Å²) in [4.78, 5) is 38.6. The Hall–Kier alpha value is -2.87. The fourth-order valence-electron chi connectivity index (χ4n) is 2.42. The standard InChI is InChI=1S/C21H27N3O4S/c1-14(22-19(26)17-10-7-11-29-17)18(25)23-16-9-6-8-15(12-16)13-24(5)20(27)28-21(2,3)4/h6-12,14H,13H2,1-5H3,(H,22,26)(H,23,25). The van der Waals surface area contributed by atoms with Crippen molar-refractivity contribution >= 4 is 34.9 Å². The second kappa shape index (κ2) is 9.56. The minimum atomic E-state index is -0.697. The molecule has 7 nitrogen and oxygen atoms in total. The first-order valence-electron chi connectivity index (χ1n) is 9.23. The first-order chi connectivity index (χ1) is 13.5. The summed E-state index contributed by atoms with van der Waals surface area (Å²) >= 11 is 1.32. The number of hydrogen-bond acceptors (Lipinski definition) is 5. The molecule has 0 spiro atoms. The summed E-state index contributed by atoms with van der Waals surface area (Å²) in [7, 11) is 1.65. The quantitative estimate of drug-likeness (QED) is 0.747. The molecule has 1 unspecified atom stereocenters. The normalized spacial score (nSPS) is 12.0. The fraction of sp³-hybridized carbons (Fsp3) is 0.381. The number of anilines is 1. The van der Waals surface area contributed by atoms with E-state index in [1.54, 1.807) is 49.7 Å². The Kier molecular flexibility index (Phi) is 7.39. The highest BCUT2D eigenvalue weighted by molar-refractivity contribution is 7.12. The van der Waals surface area contributed by atoms with Crippen molar-refractivity contribution in [2.45, 2.75) is 45.9 Å². The maximum Gasteiger partial charge on any atom is 0.410 e. The van der Waals surface area contributed by atoms with Gasteiger partial charge in [-0.2, -0.15) is 0 Å². The van der Waals surface area contributed by atoms with Gasteiger partial charge in [0.05, 0.1) is 4.88 Å². The molecule has 8 heteroatoms. The van der Waals surface area contributed by atoms with Gasteiger partial charge < -0.3 is 20.3 Å². The van der Waals surface area contributed by atoms with Crippen LogP contribution in [0.1, 0.15) is 42.9 Å². The highest BCUT2D eigenvalue weighted by atomic mass is 32.1. The van der Waals surface area contributed by atoms with Gasteiger partial charge in [0.2, 0.25) is 5.91 Å². The van der Waals surface area contributed by atoms with Gasteiger partial charge in [-0.25, -0.2) is 4.79 Å². The Labute approximate surface area is 175 Å². The highest BCUT2D eigenvalue weighted by Gasteiger charge is 2.20. The molecule has 156 valence electrons. The van der Waals surface area contributed by atoms with E-state index in [1.165, 1.54) is 16.2 Å². The number of amides is 3. The van der Waals surface area contributed by atoms with Crippen LogP contribution in [0.3, 0.4) is 0 Å². The van der Waals surface area contributed by atoms with Crippen LogP contribution in [-0.4, -0.2) is 41.5 Å². The number of hydrogen-bond donors (Lipinski definition) is 2. The van der Waals surface area contributed by atoms with Crippen LogP contribution < -0.4 is 10.6 Å². The van der Waals surface area contributed by atoms with Crippen LogP contribution in [0.2, 0.25) is 0 Å². The van der Waals surface area contributed by atoms with Crippen LogP contribution >= 0.6 is 11.3 Å². The summed E-state index contributed by atoms with van der Waals surface area (Å²) in [5.41, 5.74) is 0.860. The molecular weight excluding hydrogens is 390 g/mol. The number of thiophene rings is 1. The molecule has 1 aromatic carbocycles. The average Bonchev–Trinajstić information content (AvgIpc) is 3.15. The van der Waals surface area contributed by atoms with E-state index in [2.05, 4.69) is 10.6 Å². The van der Waals surface area contributed by atoms with Crippen molar-refractivity contribution in [3.8, 4) is 0 Å². The summed E-state index contributed by atoms with van der Waals surface area (Å²) in [5.74, 6) is -0.608. The van der Waals surface area contributed by atoms with Gasteiger partial charge in [0, 0.05) is 19.3 Å². The lowest BCUT2D eigenvalue weighted by molar-refractivity contribution is -0.117. The van der Waals surface area contributed by atoms with Crippen LogP contribution in [0.15, 0.2) is 41.8 Å². The van der Waals surface area contributed by atoms with Gasteiger partial charge in [-0.1, -0.05) is 18.2 Å². The van der Waals surface area contributed by atoms with Crippen molar-refractivity contribution in [1.82, 2.24) is 10.2 Å². The lowest BCUT2D eigenvalue weighted by Gasteiger charge is -2.24. The number of nitrogens with one attached hydrogen (secondary N) is 2. The van der Waals surface area contributed by atoms with Crippen LogP contribution in [0.25, 0.3) is 0 Å². The van der Waals surface area contributed by atoms with Crippen molar-refractivity contribution in [2.75, 3.05) is 12.4 Å². The number of rotatable bonds is 6. The van der Waals surface area contributed by atoms with E-state index in [-0.39, 0.29) is 11.8 Å². The van der Waals surface area contributed by atoms with E-state index >= 15 is 0 Å². The Morgan fingerprint density at radius 2 is 1.90 bits per heavy atom. The third kappa shape index (κ3) is 7.23. The van der Waals surface area contributed by atoms with E-state index < -0.39 is 17.7 Å². The van der Waals surface area contributed by atoms with Gasteiger partial charge in [0.15, 0.2) is 0 Å². The Morgan fingerprint density at radius 1 is 1.17 bits per heavy atom. The van der Waals surface area contributed by atoms with E-state index in [1.807, 2.05) is 26.8 Å². The zero-order chi connectivity index (χ0) is 21.6. The van der Waals surface area contributed by atoms with Crippen molar-refractivity contribution in [2.24, 2.45) is 0 Å². The molecule has 0 fully saturated rings. The molecule has 2 N–H and O–H groups in total. The van der Waals surface area contributed by atoms with Crippen molar-refractivity contribution < 1.29 is 19.1 Å². The molecule has 1 aromatic heterocycles. The molecule has 3 amide bonds. The second-order valence-electron chi connectivity index (χ2n) is 7.70. The van der Waals surface area contributed by atoms with Gasteiger partial charge in [-0.15, -0.1) is 11.3 Å². The largest absolute Gasteiger partial charge is 0.444 e. The summed E-state index contributed by atoms with van der Waals surface area (Å²) in [6, 6.07) is 9.98. The molecule has 0 radical (unpaired) electrons. The zero-order valence-electron chi connectivity index (χ0n) is 17.3. The summed E-state index contributed by atoms with van der Waals surface area (Å²) in [6.07, 6.45) is -0.420. The Bertz CT molecular complexity index is 859. The first kappa shape index (κ1) is 22.4. The maximum absolute atomic E-state index is 12.4. The van der Waals surface area contributed by atoms with Crippen molar-refractivity contribution in [1.29, 1.82) is 0 Å². The van der Waals surface area contributed by atoms with Gasteiger partial charge in [-0.05, 0) is 56.8 Å². The lowest BCUT2D eigenvalue weighted by Crippen LogP contribution is -2.41. The molecule has 2 rings (SSSR count). The smallest absolute Gasteiger partial charge is 0.410 e. The molecule has 0 aliphatic heterocycles. The Balaban J connectivity index is 1.93. The average molecular weight is 418 g/mol. The van der Waals surface area contributed by atoms with Crippen molar-refractivity contribution in [3.63, 3.8) is 0 Å². The minimum absolute atomic E-state index is 0.282. The lowest BCUT2D eigenvalue weighted by atomic mass is 10.2. The summed E-state index contributed by atoms with van der Waals surface area (Å²) in [6.45, 7) is 7.40. The van der Waals surface area contributed by atoms with E-state index in [0.29, 0.717) is 17.1 Å². The highest BCUT2D eigenvalue weighted by Crippen LogP contribution is 2.15. The molecule has 0 saturated carbocycles. The Morgan fingerprint density at radius 3 is 2.52 bits per heavy atom. The summed E-state index contributed by atoms with van der Waals surface area (Å²) < 4.78 is 5.34. The van der Waals surface area contributed by atoms with Crippen LogP contribution in [-0.2, 0) is 16.1 Å². The number of carbonyl (C=O) groups is 3. The number of benzene rings is 1. The molecular formula is C21H27N3O4S. The van der Waals surface area contributed by atoms with Gasteiger partial charge in [-0.3, -0.25) is 9.59 Å². The maximum atomic E-state index is 12.4. The van der Waals surface area contributed by atoms with Gasteiger partial charge in [0.25, 0.3) is 5.91 Å². The number of carbonyl (C=O) groups excluding carboxylic acids is 3. The molecule has 0 bridgehead atoms. The van der Waals surface area contributed by atoms with Crippen LogP contribution in [0.4, 0.5) is 10.5 Å². The van der Waals surface area contributed by atoms with Crippen molar-refractivity contribution in [3.05, 3.63) is 52.2 Å². The van der Waals surface area contributed by atoms with Crippen LogP contribution in [0, 0.1) is 0 Å². The van der Waals surface area contributed by atoms with Gasteiger partial charge in [0.1, 0.15) is 11.6 Å². The predicted molar refractivity (Wildman–Crippen MR) is 114 cm³/mol. The zero-order valence-corrected chi connectivity index (χ0v) is 18.1. The molecule has 1 atom stereocenters. The molecule has 1 heterocycles. The van der Waals surface area contributed by atoms with E-state index in [9.17, 15) is 14.4 Å². The number of nitrogens with zero attached hydrogens (tertiary/aromatic N) is 1. The molecule has 2 aromatic rings. The van der Waals surface area contributed by atoms with Crippen LogP contribution in [0.5, 0.6) is 0 Å². The van der Waals surface area contributed by atoms with E-state index in [0.717, 1.165) is 5.56 Å². The first-order valence-corrected chi connectivity index (χ1v) is 10.1. The molecule has 0 aliphatic carbocycles. The third-order valence-corrected chi connectivity index (χ3v) is 4.67. The molecule has 0 saturated heterocycles. The minimum Gasteiger partial charge on any atom is -0.444 e. The second-order valence-corrected chi connectivity index (χ2v) is 8.65. The topological polar surface area (TPSA) is 87.7 Å². The van der Waals surface area contributed by atoms with Gasteiger partial charge >= 0.3 is 6.09 Å². The third-order valence-electron chi connectivity index (χ3n) is 3.81. The molecule has 29 heavy (non-hydrogen) atoms. The summed E-state index contributed by atoms with van der Waals surface area (Å²) in [5, 5.41) is 7.27. The van der Waals surface area contributed by atoms with E-state index in [4.69, 9.17) is 4.74 Å². The monoisotopic (exact) mass is 417 g/mol.